The van der Waals surface area contributed by atoms with Gasteiger partial charge < -0.3 is 0 Å². The van der Waals surface area contributed by atoms with Crippen LogP contribution >= 0.6 is 0 Å². The Hall–Kier alpha value is 2.06. The summed E-state index contributed by atoms with van der Waals surface area (Å²) in [6.45, 7) is 0. The summed E-state index contributed by atoms with van der Waals surface area (Å²) < 4.78 is 77.1. The van der Waals surface area contributed by atoms with Crippen molar-refractivity contribution in [2.45, 2.75) is 0 Å². The normalized spacial score (nSPS) is 5.36. The van der Waals surface area contributed by atoms with Gasteiger partial charge in [0.1, 0.15) is 0 Å². The van der Waals surface area contributed by atoms with Crippen LogP contribution < -0.4 is 41.7 Å². The molecule has 72 valence electrons. The van der Waals surface area contributed by atoms with E-state index in [9.17, 15) is 0 Å². The quantitative estimate of drug-likeness (QED) is 0.367. The van der Waals surface area contributed by atoms with Crippen LogP contribution in [0.15, 0.2) is 0 Å². The Morgan fingerprint density at radius 1 is 0.571 bits per heavy atom. The van der Waals surface area contributed by atoms with Gasteiger partial charge in [-0.15, -0.1) is 0 Å². The summed E-state index contributed by atoms with van der Waals surface area (Å²) in [6, 6.07) is 0. The van der Waals surface area contributed by atoms with E-state index < -0.39 is 46.2 Å². The van der Waals surface area contributed by atoms with Crippen LogP contribution in [0.2, 0.25) is 0 Å². The van der Waals surface area contributed by atoms with E-state index in [1.54, 1.807) is 0 Å². The summed E-state index contributed by atoms with van der Waals surface area (Å²) in [6.07, 6.45) is 0. The first kappa shape index (κ1) is 29.8. The number of hydrogen-bond donors (Lipinski definition) is 0. The number of hydrogen-bond acceptors (Lipinski definition) is 9. The summed E-state index contributed by atoms with van der Waals surface area (Å²) >= 11 is -11.8. The van der Waals surface area contributed by atoms with Crippen LogP contribution in [0.25, 0.3) is 0 Å². The van der Waals surface area contributed by atoms with Crippen molar-refractivity contribution in [2.75, 3.05) is 0 Å². The van der Waals surface area contributed by atoms with Gasteiger partial charge in [0.2, 0.25) is 0 Å². The van der Waals surface area contributed by atoms with E-state index in [0.29, 0.717) is 0 Å². The van der Waals surface area contributed by atoms with Crippen molar-refractivity contribution in [1.82, 2.24) is 0 Å². The van der Waals surface area contributed by atoms with E-state index >= 15 is 0 Å². The topological polar surface area (TPSA) is 172 Å². The second-order valence-corrected chi connectivity index (χ2v) is 2.77. The average Bonchev–Trinajstić information content (AvgIpc) is 1.54. The Morgan fingerprint density at radius 3 is 0.571 bits per heavy atom. The molecule has 0 atom stereocenters. The molecule has 0 aliphatic rings. The fraction of sp³-hybridized carbons (Fsp3) is 0. The van der Waals surface area contributed by atoms with Crippen LogP contribution in [0.4, 0.5) is 0 Å². The van der Waals surface area contributed by atoms with E-state index in [2.05, 4.69) is 0 Å². The largest absolute Gasteiger partial charge is 2.00 e. The first-order chi connectivity index (χ1) is 5.20. The SMILES string of the molecule is [Na+].[O]=[V](=[O])[O-].[O]=[V](=[O])[O-].[O]=[V](=[O])[O-].[Zn+2]. The van der Waals surface area contributed by atoms with E-state index in [0.717, 1.165) is 0 Å². The molecule has 9 nitrogen and oxygen atoms in total. The van der Waals surface area contributed by atoms with Gasteiger partial charge >= 0.3 is 129 Å². The van der Waals surface area contributed by atoms with Crippen molar-refractivity contribution in [3.63, 3.8) is 0 Å². The van der Waals surface area contributed by atoms with E-state index in [1.165, 1.54) is 0 Å². The maximum Gasteiger partial charge on any atom is 2.00 e. The standard InChI is InChI=1S/Na.9O.3V.Zn/q+1;;;;;;;3*-1;;;;+2. The summed E-state index contributed by atoms with van der Waals surface area (Å²) in [5, 5.41) is 0. The van der Waals surface area contributed by atoms with Gasteiger partial charge in [0, 0.05) is 0 Å². The fourth-order valence-electron chi connectivity index (χ4n) is 0. The summed E-state index contributed by atoms with van der Waals surface area (Å²) in [4.78, 5) is 0. The molecule has 0 aromatic rings. The molecule has 0 fully saturated rings. The molecule has 0 rings (SSSR count). The maximum atomic E-state index is 8.56. The molecule has 0 amide bonds. The second-order valence-electron chi connectivity index (χ2n) is 0.671. The zero-order chi connectivity index (χ0) is 10.7. The Labute approximate surface area is 127 Å². The van der Waals surface area contributed by atoms with Crippen molar-refractivity contribution >= 4 is 0 Å². The van der Waals surface area contributed by atoms with Crippen molar-refractivity contribution in [3.8, 4) is 0 Å². The van der Waals surface area contributed by atoms with Crippen molar-refractivity contribution in [2.24, 2.45) is 0 Å². The Kier molecular flexibility index (Phi) is 51.8. The Bertz CT molecular complexity index is 213. The van der Waals surface area contributed by atoms with Gasteiger partial charge in [0.25, 0.3) is 0 Å². The zero-order valence-electron chi connectivity index (χ0n) is 6.72. The van der Waals surface area contributed by atoms with Gasteiger partial charge in [0.05, 0.1) is 0 Å². The van der Waals surface area contributed by atoms with Crippen LogP contribution in [-0.4, -0.2) is 0 Å². The summed E-state index contributed by atoms with van der Waals surface area (Å²) in [7, 11) is 0. The minimum Gasteiger partial charge on any atom is 2.00 e. The average molecular weight is 385 g/mol. The molecule has 0 heterocycles. The molecule has 14 heavy (non-hydrogen) atoms. The van der Waals surface area contributed by atoms with E-state index in [1.807, 2.05) is 0 Å². The molecular formula is NaO9V3Zn. The third-order valence-electron chi connectivity index (χ3n) is 0. The third kappa shape index (κ3) is 567. The van der Waals surface area contributed by atoms with Crippen molar-refractivity contribution in [3.05, 3.63) is 0 Å². The molecule has 0 aliphatic heterocycles. The molecular weight excluding hydrogens is 385 g/mol. The van der Waals surface area contributed by atoms with Crippen LogP contribution in [0.1, 0.15) is 0 Å². The molecule has 0 spiro atoms. The molecule has 0 unspecified atom stereocenters. The molecule has 0 aromatic heterocycles. The number of rotatable bonds is 0. The predicted octanol–water partition coefficient (Wildman–Crippen LogP) is -7.29. The molecule has 0 aromatic carbocycles. The van der Waals surface area contributed by atoms with Crippen LogP contribution in [-0.2, 0) is 87.7 Å². The minimum atomic E-state index is -3.94. The van der Waals surface area contributed by atoms with Gasteiger partial charge in [-0.05, 0) is 0 Å². The molecule has 0 bridgehead atoms. The minimum absolute atomic E-state index is 0. The Morgan fingerprint density at radius 2 is 0.571 bits per heavy atom. The molecule has 0 saturated carbocycles. The molecule has 0 radical (unpaired) electrons. The van der Waals surface area contributed by atoms with Gasteiger partial charge in [-0.3, -0.25) is 0 Å². The second kappa shape index (κ2) is 24.3. The molecule has 0 N–H and O–H groups in total. The summed E-state index contributed by atoms with van der Waals surface area (Å²) in [5.74, 6) is 0. The first-order valence-corrected chi connectivity index (χ1v) is 6.77. The van der Waals surface area contributed by atoms with Gasteiger partial charge in [-0.25, -0.2) is 0 Å². The third-order valence-corrected chi connectivity index (χ3v) is 0. The van der Waals surface area contributed by atoms with Gasteiger partial charge in [-0.1, -0.05) is 0 Å². The van der Waals surface area contributed by atoms with E-state index in [-0.39, 0.29) is 49.0 Å². The van der Waals surface area contributed by atoms with Crippen molar-refractivity contribution in [1.29, 1.82) is 0 Å². The zero-order valence-corrected chi connectivity index (χ0v) is 15.9. The van der Waals surface area contributed by atoms with Crippen molar-refractivity contribution < 1.29 is 129 Å². The summed E-state index contributed by atoms with van der Waals surface area (Å²) in [5.41, 5.74) is 0. The monoisotopic (exact) mass is 384 g/mol. The Balaban J connectivity index is -0.0000000270. The fourth-order valence-corrected chi connectivity index (χ4v) is 0. The van der Waals surface area contributed by atoms with Crippen LogP contribution in [0.3, 0.4) is 0 Å². The van der Waals surface area contributed by atoms with Gasteiger partial charge in [-0.2, -0.15) is 0 Å². The molecule has 14 heteroatoms. The van der Waals surface area contributed by atoms with Crippen LogP contribution in [0.5, 0.6) is 0 Å². The molecule has 0 aliphatic carbocycles. The maximum absolute atomic E-state index is 8.56. The molecule has 0 saturated heterocycles. The predicted molar refractivity (Wildman–Crippen MR) is 4.12 cm³/mol. The van der Waals surface area contributed by atoms with Crippen LogP contribution in [0, 0.1) is 0 Å². The van der Waals surface area contributed by atoms with Gasteiger partial charge in [0.15, 0.2) is 0 Å². The first-order valence-electron chi connectivity index (χ1n) is 1.64. The smallest absolute Gasteiger partial charge is 2.00 e. The van der Waals surface area contributed by atoms with E-state index in [4.69, 9.17) is 34.1 Å².